The average Bonchev–Trinajstić information content (AvgIpc) is 2.36. The summed E-state index contributed by atoms with van der Waals surface area (Å²) in [6.07, 6.45) is 11.3. The molecule has 0 bridgehead atoms. The topological polar surface area (TPSA) is 0 Å². The fraction of sp³-hybridized carbons (Fsp3) is 0.545. The van der Waals surface area contributed by atoms with Gasteiger partial charge in [0.15, 0.2) is 0 Å². The Kier molecular flexibility index (Phi) is 41.4. The van der Waals surface area contributed by atoms with Crippen LogP contribution in [0.4, 0.5) is 0 Å². The Labute approximate surface area is 136 Å². The van der Waals surface area contributed by atoms with Crippen LogP contribution in [0.15, 0.2) is 18.2 Å². The van der Waals surface area contributed by atoms with Crippen molar-refractivity contribution in [2.75, 3.05) is 19.5 Å². The van der Waals surface area contributed by atoms with Crippen LogP contribution in [0.2, 0.25) is 0 Å². The molecule has 0 N–H and O–H groups in total. The number of halogens is 3. The molecule has 1 radical (unpaired) electrons. The molecule has 16 heavy (non-hydrogen) atoms. The molecule has 0 fully saturated rings. The van der Waals surface area contributed by atoms with E-state index < -0.39 is 0 Å². The molecule has 0 saturated heterocycles. The van der Waals surface area contributed by atoms with Gasteiger partial charge in [0.2, 0.25) is 0 Å². The molecule has 0 heterocycles. The van der Waals surface area contributed by atoms with Gasteiger partial charge in [-0.2, -0.15) is 26.1 Å². The fourth-order valence-corrected chi connectivity index (χ4v) is 2.24. The molecule has 0 aromatic rings. The number of hydrogen-bond donors (Lipinski definition) is 0. The Morgan fingerprint density at radius 3 is 1.75 bits per heavy atom. The first-order chi connectivity index (χ1) is 5.63. The summed E-state index contributed by atoms with van der Waals surface area (Å²) in [5, 5.41) is 0. The molecule has 0 amide bonds. The van der Waals surface area contributed by atoms with E-state index in [1.165, 1.54) is 6.16 Å². The van der Waals surface area contributed by atoms with Crippen LogP contribution >= 0.6 is 7.92 Å². The summed E-state index contributed by atoms with van der Waals surface area (Å²) in [4.78, 5) is 0. The minimum absolute atomic E-state index is 0. The maximum absolute atomic E-state index is 2.99. The SMILES string of the molecule is C[C-](C)CP(C)C.[C-]1=CC=CC1.[Cl-].[Cl-].[Cl-].[Ti+3]. The van der Waals surface area contributed by atoms with E-state index in [1.54, 1.807) is 5.92 Å². The molecule has 0 atom stereocenters. The van der Waals surface area contributed by atoms with E-state index in [0.29, 0.717) is 7.92 Å². The quantitative estimate of drug-likeness (QED) is 0.268. The molecule has 0 aromatic carbocycles. The van der Waals surface area contributed by atoms with Gasteiger partial charge in [-0.05, 0) is 13.3 Å². The predicted molar refractivity (Wildman–Crippen MR) is 59.8 cm³/mol. The van der Waals surface area contributed by atoms with Crippen LogP contribution in [0.3, 0.4) is 0 Å². The Hall–Kier alpha value is 1.49. The van der Waals surface area contributed by atoms with Crippen LogP contribution in [-0.2, 0) is 21.7 Å². The first-order valence-electron chi connectivity index (χ1n) is 4.28. The second-order valence-electron chi connectivity index (χ2n) is 3.45. The summed E-state index contributed by atoms with van der Waals surface area (Å²) in [6.45, 7) is 9.01. The molecule has 0 aromatic heterocycles. The van der Waals surface area contributed by atoms with Crippen molar-refractivity contribution >= 4 is 7.92 Å². The molecule has 95 valence electrons. The van der Waals surface area contributed by atoms with Crippen molar-refractivity contribution in [2.24, 2.45) is 0 Å². The monoisotopic (exact) mass is 335 g/mol. The van der Waals surface area contributed by atoms with Gasteiger partial charge in [-0.15, -0.1) is 14.3 Å². The first-order valence-corrected chi connectivity index (χ1v) is 6.70. The van der Waals surface area contributed by atoms with Crippen molar-refractivity contribution in [3.8, 4) is 0 Å². The van der Waals surface area contributed by atoms with Gasteiger partial charge >= 0.3 is 21.7 Å². The molecule has 1 aliphatic rings. The summed E-state index contributed by atoms with van der Waals surface area (Å²) in [5.41, 5.74) is 0. The zero-order valence-electron chi connectivity index (χ0n) is 10.2. The molecule has 0 saturated carbocycles. The molecular weight excluding hydrogens is 317 g/mol. The van der Waals surface area contributed by atoms with Gasteiger partial charge in [-0.25, -0.2) is 12.2 Å². The van der Waals surface area contributed by atoms with Crippen molar-refractivity contribution in [1.29, 1.82) is 0 Å². The van der Waals surface area contributed by atoms with Gasteiger partial charge in [0, 0.05) is 0 Å². The summed E-state index contributed by atoms with van der Waals surface area (Å²) in [5.74, 6) is 1.57. The zero-order chi connectivity index (χ0) is 9.40. The van der Waals surface area contributed by atoms with E-state index in [4.69, 9.17) is 0 Å². The van der Waals surface area contributed by atoms with Crippen molar-refractivity contribution in [2.45, 2.75) is 20.3 Å². The molecule has 1 rings (SSSR count). The van der Waals surface area contributed by atoms with Gasteiger partial charge in [-0.1, -0.05) is 0 Å². The summed E-state index contributed by atoms with van der Waals surface area (Å²) in [7, 11) is 0.323. The molecule has 1 aliphatic carbocycles. The molecule has 0 aliphatic heterocycles. The Bertz CT molecular complexity index is 143. The van der Waals surface area contributed by atoms with Crippen LogP contribution in [0.5, 0.6) is 0 Å². The largest absolute Gasteiger partial charge is 3.00 e. The van der Waals surface area contributed by atoms with Gasteiger partial charge in [0.25, 0.3) is 0 Å². The van der Waals surface area contributed by atoms with Gasteiger partial charge in [0.05, 0.1) is 0 Å². The van der Waals surface area contributed by atoms with E-state index in [2.05, 4.69) is 39.3 Å². The summed E-state index contributed by atoms with van der Waals surface area (Å²) < 4.78 is 0. The molecular formula is C11H19Cl3PTi-2. The number of hydrogen-bond acceptors (Lipinski definition) is 0. The Morgan fingerprint density at radius 1 is 1.19 bits per heavy atom. The van der Waals surface area contributed by atoms with Crippen LogP contribution in [-0.4, -0.2) is 19.5 Å². The maximum atomic E-state index is 2.99. The fourth-order valence-electron chi connectivity index (χ4n) is 0.973. The zero-order valence-corrected chi connectivity index (χ0v) is 15.0. The molecule has 5 heteroatoms. The average molecular weight is 336 g/mol. The van der Waals surface area contributed by atoms with Gasteiger partial charge in [0.1, 0.15) is 0 Å². The second kappa shape index (κ2) is 21.7. The van der Waals surface area contributed by atoms with Gasteiger partial charge < -0.3 is 43.1 Å². The predicted octanol–water partition coefficient (Wildman–Crippen LogP) is -5.34. The second-order valence-corrected chi connectivity index (χ2v) is 5.92. The minimum atomic E-state index is 0. The van der Waals surface area contributed by atoms with Crippen LogP contribution < -0.4 is 37.2 Å². The van der Waals surface area contributed by atoms with Crippen molar-refractivity contribution in [3.63, 3.8) is 0 Å². The van der Waals surface area contributed by atoms with Crippen LogP contribution in [0, 0.1) is 12.0 Å². The normalized spacial score (nSPS) is 10.4. The maximum Gasteiger partial charge on any atom is 3.00 e. The van der Waals surface area contributed by atoms with Crippen LogP contribution in [0.25, 0.3) is 0 Å². The third-order valence-electron chi connectivity index (χ3n) is 1.22. The smallest absolute Gasteiger partial charge is 1.00 e. The molecule has 0 nitrogen and oxygen atoms in total. The van der Waals surface area contributed by atoms with Crippen molar-refractivity contribution in [1.82, 2.24) is 0 Å². The molecule has 0 spiro atoms. The first kappa shape index (κ1) is 30.5. The van der Waals surface area contributed by atoms with E-state index in [-0.39, 0.29) is 58.9 Å². The summed E-state index contributed by atoms with van der Waals surface area (Å²) >= 11 is 0. The van der Waals surface area contributed by atoms with E-state index >= 15 is 0 Å². The van der Waals surface area contributed by atoms with E-state index in [1.807, 2.05) is 12.2 Å². The van der Waals surface area contributed by atoms with Crippen LogP contribution in [0.1, 0.15) is 20.3 Å². The Morgan fingerprint density at radius 2 is 1.69 bits per heavy atom. The van der Waals surface area contributed by atoms with E-state index in [9.17, 15) is 0 Å². The standard InChI is InChI=1S/C6H14P.C5H5.3ClH.Ti/c1-6(2)5-7(3)4;1-2-4-5-3-1;;;;/h5H2,1-4H3;1-3H,4H2;3*1H;/q2*-1;;;;+3/p-3. The third-order valence-corrected chi connectivity index (χ3v) is 2.48. The Balaban J connectivity index is -0.0000000411. The van der Waals surface area contributed by atoms with E-state index in [0.717, 1.165) is 6.42 Å². The number of rotatable bonds is 2. The van der Waals surface area contributed by atoms with Crippen molar-refractivity contribution in [3.05, 3.63) is 30.2 Å². The minimum Gasteiger partial charge on any atom is -1.00 e. The van der Waals surface area contributed by atoms with Crippen molar-refractivity contribution < 1.29 is 58.9 Å². The van der Waals surface area contributed by atoms with Gasteiger partial charge in [-0.3, -0.25) is 6.08 Å². The number of allylic oxidation sites excluding steroid dienone is 4. The third kappa shape index (κ3) is 29.6. The molecule has 0 unspecified atom stereocenters. The summed E-state index contributed by atoms with van der Waals surface area (Å²) in [6, 6.07) is 0.